The van der Waals surface area contributed by atoms with Crippen LogP contribution in [0.5, 0.6) is 0 Å². The van der Waals surface area contributed by atoms with Crippen LogP contribution in [0.2, 0.25) is 0 Å². The maximum Gasteiger partial charge on any atom is 0.407 e. The van der Waals surface area contributed by atoms with Crippen LogP contribution in [-0.4, -0.2) is 43.0 Å². The molecule has 2 heterocycles. The highest BCUT2D eigenvalue weighted by atomic mass is 16.7. The number of amides is 1. The summed E-state index contributed by atoms with van der Waals surface area (Å²) in [6.45, 7) is 3.72. The van der Waals surface area contributed by atoms with Gasteiger partial charge in [0.15, 0.2) is 12.1 Å². The highest BCUT2D eigenvalue weighted by Crippen LogP contribution is 2.30. The van der Waals surface area contributed by atoms with Crippen LogP contribution in [-0.2, 0) is 19.0 Å². The van der Waals surface area contributed by atoms with Crippen molar-refractivity contribution in [2.75, 3.05) is 13.2 Å². The van der Waals surface area contributed by atoms with Crippen LogP contribution >= 0.6 is 0 Å². The zero-order valence-electron chi connectivity index (χ0n) is 8.61. The van der Waals surface area contributed by atoms with Crippen LogP contribution in [0.3, 0.4) is 0 Å². The Morgan fingerprint density at radius 2 is 2.20 bits per heavy atom. The maximum atomic E-state index is 11.0. The number of carbonyl (C=O) groups excluding carboxylic acids is 2. The Labute approximate surface area is 86.9 Å². The standard InChI is InChI=1S/C9H13NO5/c1-8(2)14-5-9(6(3-11)15-8)4-13-7(12)10-9/h3,6H,4-5H2,1-2H3,(H,10,12)/t6-,9-/m1/s1. The van der Waals surface area contributed by atoms with E-state index in [1.54, 1.807) is 13.8 Å². The number of carbonyl (C=O) groups is 2. The predicted octanol–water partition coefficient (Wildman–Crippen LogP) is -0.185. The second-order valence-electron chi connectivity index (χ2n) is 4.22. The van der Waals surface area contributed by atoms with Crippen molar-refractivity contribution in [1.29, 1.82) is 0 Å². The molecular formula is C9H13NO5. The first-order valence-electron chi connectivity index (χ1n) is 4.69. The zero-order valence-corrected chi connectivity index (χ0v) is 8.61. The van der Waals surface area contributed by atoms with Gasteiger partial charge in [0.1, 0.15) is 18.2 Å². The van der Waals surface area contributed by atoms with Gasteiger partial charge in [-0.25, -0.2) is 4.79 Å². The fourth-order valence-corrected chi connectivity index (χ4v) is 1.70. The molecule has 0 radical (unpaired) electrons. The molecule has 0 aromatic heterocycles. The lowest BCUT2D eigenvalue weighted by Gasteiger charge is -2.43. The Balaban J connectivity index is 2.19. The van der Waals surface area contributed by atoms with Gasteiger partial charge in [-0.2, -0.15) is 0 Å². The number of cyclic esters (lactones) is 1. The van der Waals surface area contributed by atoms with Crippen LogP contribution in [0.1, 0.15) is 13.8 Å². The molecule has 84 valence electrons. The minimum atomic E-state index is -0.867. The lowest BCUT2D eigenvalue weighted by Crippen LogP contribution is -2.65. The van der Waals surface area contributed by atoms with Crippen molar-refractivity contribution >= 4 is 12.4 Å². The van der Waals surface area contributed by atoms with E-state index in [9.17, 15) is 9.59 Å². The van der Waals surface area contributed by atoms with E-state index in [2.05, 4.69) is 5.32 Å². The van der Waals surface area contributed by atoms with Crippen LogP contribution in [0.25, 0.3) is 0 Å². The molecule has 0 unspecified atom stereocenters. The number of hydrogen-bond acceptors (Lipinski definition) is 5. The monoisotopic (exact) mass is 215 g/mol. The van der Waals surface area contributed by atoms with E-state index in [0.717, 1.165) is 0 Å². The minimum Gasteiger partial charge on any atom is -0.447 e. The molecular weight excluding hydrogens is 202 g/mol. The Morgan fingerprint density at radius 1 is 1.47 bits per heavy atom. The average molecular weight is 215 g/mol. The number of hydrogen-bond donors (Lipinski definition) is 1. The van der Waals surface area contributed by atoms with Gasteiger partial charge >= 0.3 is 6.09 Å². The molecule has 1 amide bonds. The third kappa shape index (κ3) is 1.70. The first kappa shape index (κ1) is 10.4. The SMILES string of the molecule is CC1(C)OC[C@]2(COC(=O)N2)[C@@H](C=O)O1. The first-order chi connectivity index (χ1) is 6.97. The molecule has 0 aliphatic carbocycles. The molecule has 1 N–H and O–H groups in total. The Bertz CT molecular complexity index is 303. The van der Waals surface area contributed by atoms with Gasteiger partial charge in [-0.15, -0.1) is 0 Å². The highest BCUT2D eigenvalue weighted by Gasteiger charge is 2.53. The Morgan fingerprint density at radius 3 is 2.73 bits per heavy atom. The number of alkyl carbamates (subject to hydrolysis) is 1. The molecule has 15 heavy (non-hydrogen) atoms. The van der Waals surface area contributed by atoms with Crippen LogP contribution in [0, 0.1) is 0 Å². The molecule has 0 bridgehead atoms. The lowest BCUT2D eigenvalue weighted by atomic mass is 9.94. The van der Waals surface area contributed by atoms with Gasteiger partial charge in [0.2, 0.25) is 0 Å². The fraction of sp³-hybridized carbons (Fsp3) is 0.778. The van der Waals surface area contributed by atoms with Crippen molar-refractivity contribution in [1.82, 2.24) is 5.32 Å². The molecule has 2 aliphatic heterocycles. The van der Waals surface area contributed by atoms with Crippen LogP contribution in [0.15, 0.2) is 0 Å². The topological polar surface area (TPSA) is 73.9 Å². The summed E-state index contributed by atoms with van der Waals surface area (Å²) >= 11 is 0. The number of aldehydes is 1. The molecule has 1 spiro atoms. The van der Waals surface area contributed by atoms with Gasteiger partial charge in [0.25, 0.3) is 0 Å². The van der Waals surface area contributed by atoms with Crippen molar-refractivity contribution in [2.45, 2.75) is 31.3 Å². The van der Waals surface area contributed by atoms with Gasteiger partial charge in [-0.3, -0.25) is 0 Å². The summed E-state index contributed by atoms with van der Waals surface area (Å²) in [5, 5.41) is 2.57. The predicted molar refractivity (Wildman–Crippen MR) is 48.2 cm³/mol. The van der Waals surface area contributed by atoms with E-state index in [-0.39, 0.29) is 13.2 Å². The van der Waals surface area contributed by atoms with Gasteiger partial charge in [-0.1, -0.05) is 0 Å². The maximum absolute atomic E-state index is 11.0. The quantitative estimate of drug-likeness (QED) is 0.614. The van der Waals surface area contributed by atoms with Crippen LogP contribution in [0.4, 0.5) is 4.79 Å². The van der Waals surface area contributed by atoms with Crippen molar-refractivity contribution in [2.24, 2.45) is 0 Å². The second-order valence-corrected chi connectivity index (χ2v) is 4.22. The minimum absolute atomic E-state index is 0.0886. The van der Waals surface area contributed by atoms with Crippen molar-refractivity contribution < 1.29 is 23.8 Å². The number of ether oxygens (including phenoxy) is 3. The largest absolute Gasteiger partial charge is 0.447 e. The van der Waals surface area contributed by atoms with Crippen molar-refractivity contribution in [3.05, 3.63) is 0 Å². The van der Waals surface area contributed by atoms with Crippen molar-refractivity contribution in [3.63, 3.8) is 0 Å². The molecule has 6 nitrogen and oxygen atoms in total. The zero-order chi connectivity index (χ0) is 11.1. The molecule has 0 aromatic carbocycles. The van der Waals surface area contributed by atoms with E-state index in [1.165, 1.54) is 0 Å². The average Bonchev–Trinajstić information content (AvgIpc) is 2.54. The van der Waals surface area contributed by atoms with E-state index < -0.39 is 23.5 Å². The second kappa shape index (κ2) is 3.18. The smallest absolute Gasteiger partial charge is 0.407 e. The first-order valence-corrected chi connectivity index (χ1v) is 4.69. The number of nitrogens with one attached hydrogen (secondary N) is 1. The summed E-state index contributed by atoms with van der Waals surface area (Å²) < 4.78 is 15.6. The molecule has 6 heteroatoms. The van der Waals surface area contributed by atoms with Gasteiger partial charge in [0.05, 0.1) is 6.61 Å². The molecule has 2 saturated heterocycles. The Kier molecular flexibility index (Phi) is 2.20. The summed E-state index contributed by atoms with van der Waals surface area (Å²) in [6.07, 6.45) is -0.624. The molecule has 2 fully saturated rings. The third-order valence-corrected chi connectivity index (χ3v) is 2.57. The molecule has 2 atom stereocenters. The normalized spacial score (nSPS) is 38.5. The number of rotatable bonds is 1. The van der Waals surface area contributed by atoms with Crippen molar-refractivity contribution in [3.8, 4) is 0 Å². The van der Waals surface area contributed by atoms with Crippen LogP contribution < -0.4 is 5.32 Å². The summed E-state index contributed by atoms with van der Waals surface area (Å²) in [6, 6.07) is 0. The third-order valence-electron chi connectivity index (χ3n) is 2.57. The summed E-state index contributed by atoms with van der Waals surface area (Å²) in [4.78, 5) is 21.9. The summed E-state index contributed by atoms with van der Waals surface area (Å²) in [7, 11) is 0. The van der Waals surface area contributed by atoms with Gasteiger partial charge in [-0.05, 0) is 13.8 Å². The fourth-order valence-electron chi connectivity index (χ4n) is 1.70. The van der Waals surface area contributed by atoms with Gasteiger partial charge in [0, 0.05) is 0 Å². The van der Waals surface area contributed by atoms with Gasteiger partial charge < -0.3 is 24.3 Å². The highest BCUT2D eigenvalue weighted by molar-refractivity contribution is 5.73. The van der Waals surface area contributed by atoms with E-state index in [0.29, 0.717) is 6.29 Å². The Hall–Kier alpha value is -1.14. The summed E-state index contributed by atoms with van der Waals surface area (Å²) in [5.74, 6) is -0.815. The molecule has 0 saturated carbocycles. The van der Waals surface area contributed by atoms with E-state index in [1.807, 2.05) is 0 Å². The lowest BCUT2D eigenvalue weighted by molar-refractivity contribution is -0.290. The van der Waals surface area contributed by atoms with E-state index in [4.69, 9.17) is 14.2 Å². The summed E-state index contributed by atoms with van der Waals surface area (Å²) in [5.41, 5.74) is -0.867. The van der Waals surface area contributed by atoms with E-state index >= 15 is 0 Å². The molecule has 2 aliphatic rings. The molecule has 2 rings (SSSR count). The molecule has 0 aromatic rings.